The summed E-state index contributed by atoms with van der Waals surface area (Å²) in [4.78, 5) is 11.4. The van der Waals surface area contributed by atoms with Gasteiger partial charge in [-0.15, -0.1) is 11.3 Å². The first-order valence-electron chi connectivity index (χ1n) is 13.5. The fourth-order valence-electron chi connectivity index (χ4n) is 4.65. The van der Waals surface area contributed by atoms with Gasteiger partial charge in [-0.1, -0.05) is 44.5 Å². The van der Waals surface area contributed by atoms with Gasteiger partial charge >= 0.3 is 0 Å². The van der Waals surface area contributed by atoms with Crippen molar-refractivity contribution in [1.29, 1.82) is 0 Å². The van der Waals surface area contributed by atoms with Gasteiger partial charge in [-0.2, -0.15) is 0 Å². The normalized spacial score (nSPS) is 15.3. The first-order chi connectivity index (χ1) is 18.7. The van der Waals surface area contributed by atoms with Crippen molar-refractivity contribution in [2.45, 2.75) is 33.1 Å². The maximum atomic E-state index is 6.25. The smallest absolute Gasteiger partial charge is 0.145 e. The number of hydrogen-bond donors (Lipinski definition) is 2. The fraction of sp³-hybridized carbons (Fsp3) is 0.290. The predicted octanol–water partition coefficient (Wildman–Crippen LogP) is 7.47. The summed E-state index contributed by atoms with van der Waals surface area (Å²) < 4.78 is 12.5. The summed E-state index contributed by atoms with van der Waals surface area (Å²) in [5.74, 6) is 3.64. The van der Waals surface area contributed by atoms with E-state index in [1.54, 1.807) is 11.3 Å². The lowest BCUT2D eigenvalue weighted by molar-refractivity contribution is 0.633. The highest BCUT2D eigenvalue weighted by Gasteiger charge is 2.16. The molecule has 3 aromatic heterocycles. The van der Waals surface area contributed by atoms with E-state index in [9.17, 15) is 0 Å². The molecular weight excluding hydrogens is 492 g/mol. The third kappa shape index (κ3) is 4.98. The molecule has 0 atom stereocenters. The van der Waals surface area contributed by atoms with Crippen molar-refractivity contribution in [3.8, 4) is 21.3 Å². The van der Waals surface area contributed by atoms with Crippen molar-refractivity contribution in [1.82, 2.24) is 10.6 Å². The molecule has 6 nitrogen and oxygen atoms in total. The maximum Gasteiger partial charge on any atom is 0.145 e. The number of furan rings is 2. The zero-order valence-corrected chi connectivity index (χ0v) is 22.7. The minimum atomic E-state index is 0.867. The van der Waals surface area contributed by atoms with Gasteiger partial charge in [0, 0.05) is 48.1 Å². The monoisotopic (exact) mass is 524 g/mol. The number of nitrogens with one attached hydrogen (secondary N) is 2. The molecule has 5 aromatic rings. The zero-order valence-electron chi connectivity index (χ0n) is 21.8. The Balaban J connectivity index is 0.000000843. The number of thiophene rings is 1. The van der Waals surface area contributed by atoms with Crippen LogP contribution < -0.4 is 10.6 Å². The van der Waals surface area contributed by atoms with Crippen molar-refractivity contribution < 1.29 is 8.83 Å². The Morgan fingerprint density at radius 1 is 0.684 bits per heavy atom. The van der Waals surface area contributed by atoms with Crippen LogP contribution in [-0.4, -0.2) is 37.9 Å². The molecule has 38 heavy (non-hydrogen) atoms. The number of hydrogen-bond acceptors (Lipinski definition) is 7. The van der Waals surface area contributed by atoms with Crippen LogP contribution in [0.25, 0.3) is 43.2 Å². The van der Waals surface area contributed by atoms with Crippen LogP contribution in [0.4, 0.5) is 0 Å². The van der Waals surface area contributed by atoms with Gasteiger partial charge in [0.25, 0.3) is 0 Å². The van der Waals surface area contributed by atoms with E-state index >= 15 is 0 Å². The van der Waals surface area contributed by atoms with Crippen LogP contribution >= 0.6 is 11.3 Å². The molecule has 0 fully saturated rings. The van der Waals surface area contributed by atoms with Crippen LogP contribution in [0.3, 0.4) is 0 Å². The van der Waals surface area contributed by atoms with Crippen LogP contribution in [0.2, 0.25) is 0 Å². The van der Waals surface area contributed by atoms with Gasteiger partial charge in [0.1, 0.15) is 34.4 Å². The lowest BCUT2D eigenvalue weighted by atomic mass is 10.1. The average molecular weight is 525 g/mol. The highest BCUT2D eigenvalue weighted by Crippen LogP contribution is 2.39. The van der Waals surface area contributed by atoms with E-state index in [0.29, 0.717) is 0 Å². The molecule has 2 N–H and O–H groups in total. The molecule has 2 aliphatic rings. The number of nitrogens with zero attached hydrogens (tertiary/aromatic N) is 2. The molecule has 0 amide bonds. The lowest BCUT2D eigenvalue weighted by Crippen LogP contribution is -2.30. The molecule has 0 saturated carbocycles. The van der Waals surface area contributed by atoms with Gasteiger partial charge in [-0.3, -0.25) is 9.98 Å². The summed E-state index contributed by atoms with van der Waals surface area (Å²) in [6.45, 7) is 7.92. The number of aliphatic imine (C=N–C) groups is 2. The second kappa shape index (κ2) is 10.9. The summed E-state index contributed by atoms with van der Waals surface area (Å²) >= 11 is 1.67. The molecule has 7 rings (SSSR count). The number of amidine groups is 2. The SMILES string of the molecule is CCC.c1cc2cc(-c3ccc(-c4cc5ccc(C6=NCCCN6)cc5o4)s3)oc2cc1C1=NCCCN1. The second-order valence-electron chi connectivity index (χ2n) is 9.62. The molecule has 2 aliphatic heterocycles. The third-order valence-electron chi connectivity index (χ3n) is 6.47. The average Bonchev–Trinajstić information content (AvgIpc) is 3.71. The quantitative estimate of drug-likeness (QED) is 0.256. The number of benzene rings is 2. The van der Waals surface area contributed by atoms with E-state index in [4.69, 9.17) is 8.83 Å². The van der Waals surface area contributed by atoms with Gasteiger partial charge in [0.2, 0.25) is 0 Å². The van der Waals surface area contributed by atoms with E-state index in [1.807, 2.05) is 0 Å². The Bertz CT molecular complexity index is 1520. The summed E-state index contributed by atoms with van der Waals surface area (Å²) in [5.41, 5.74) is 3.89. The highest BCUT2D eigenvalue weighted by atomic mass is 32.1. The van der Waals surface area contributed by atoms with Crippen molar-refractivity contribution in [2.75, 3.05) is 26.2 Å². The molecule has 0 saturated heterocycles. The van der Waals surface area contributed by atoms with Crippen LogP contribution in [0, 0.1) is 0 Å². The standard InChI is InChI=1S/C28H24N4O2S.C3H8/c1-9-29-27(30-10-1)19-5-3-17-13-23(33-21(17)15-19)25-7-8-26(35-25)24-14-18-4-6-20(16-22(18)34-24)28-31-11-2-12-32-28;1-3-2/h3-8,13-16H,1-2,9-12H2,(H,29,30)(H,31,32);3H2,1-2H3. The van der Waals surface area contributed by atoms with Crippen molar-refractivity contribution >= 4 is 44.9 Å². The van der Waals surface area contributed by atoms with Crippen LogP contribution in [0.5, 0.6) is 0 Å². The molecule has 0 bridgehead atoms. The molecule has 0 radical (unpaired) electrons. The summed E-state index contributed by atoms with van der Waals surface area (Å²) in [5, 5.41) is 8.94. The van der Waals surface area contributed by atoms with E-state index < -0.39 is 0 Å². The van der Waals surface area contributed by atoms with Crippen molar-refractivity contribution in [3.05, 3.63) is 71.8 Å². The first kappa shape index (κ1) is 24.5. The summed E-state index contributed by atoms with van der Waals surface area (Å²) in [7, 11) is 0. The Morgan fingerprint density at radius 3 is 1.58 bits per heavy atom. The van der Waals surface area contributed by atoms with E-state index in [1.165, 1.54) is 6.42 Å². The molecule has 7 heteroatoms. The Morgan fingerprint density at radius 2 is 1.16 bits per heavy atom. The largest absolute Gasteiger partial charge is 0.455 e. The van der Waals surface area contributed by atoms with E-state index in [-0.39, 0.29) is 0 Å². The van der Waals surface area contributed by atoms with Crippen LogP contribution in [0.15, 0.2) is 79.5 Å². The minimum absolute atomic E-state index is 0.867. The third-order valence-corrected chi connectivity index (χ3v) is 7.59. The first-order valence-corrected chi connectivity index (χ1v) is 14.3. The second-order valence-corrected chi connectivity index (χ2v) is 10.7. The minimum Gasteiger partial charge on any atom is -0.455 e. The van der Waals surface area contributed by atoms with Crippen molar-refractivity contribution in [2.24, 2.45) is 9.98 Å². The topological polar surface area (TPSA) is 75.1 Å². The summed E-state index contributed by atoms with van der Waals surface area (Å²) in [6.07, 6.45) is 3.41. The lowest BCUT2D eigenvalue weighted by Gasteiger charge is -2.14. The van der Waals surface area contributed by atoms with Gasteiger partial charge in [0.05, 0.1) is 9.75 Å². The van der Waals surface area contributed by atoms with Crippen LogP contribution in [-0.2, 0) is 0 Å². The van der Waals surface area contributed by atoms with Gasteiger partial charge in [0.15, 0.2) is 0 Å². The fourth-order valence-corrected chi connectivity index (χ4v) is 5.57. The highest BCUT2D eigenvalue weighted by molar-refractivity contribution is 7.18. The number of fused-ring (bicyclic) bond motifs is 2. The van der Waals surface area contributed by atoms with Crippen LogP contribution in [0.1, 0.15) is 44.2 Å². The summed E-state index contributed by atoms with van der Waals surface area (Å²) in [6, 6.07) is 21.0. The Hall–Kier alpha value is -3.84. The Kier molecular flexibility index (Phi) is 7.01. The molecule has 194 valence electrons. The zero-order chi connectivity index (χ0) is 25.9. The Labute approximate surface area is 226 Å². The molecular formula is C31H32N4O2S. The van der Waals surface area contributed by atoms with Gasteiger partial charge in [-0.25, -0.2) is 0 Å². The molecule has 5 heterocycles. The van der Waals surface area contributed by atoms with E-state index in [0.717, 1.165) is 105 Å². The van der Waals surface area contributed by atoms with Gasteiger partial charge < -0.3 is 19.5 Å². The predicted molar refractivity (Wildman–Crippen MR) is 159 cm³/mol. The molecule has 2 aromatic carbocycles. The maximum absolute atomic E-state index is 6.25. The van der Waals surface area contributed by atoms with E-state index in [2.05, 4.69) is 95.1 Å². The van der Waals surface area contributed by atoms with Crippen molar-refractivity contribution in [3.63, 3.8) is 0 Å². The molecule has 0 unspecified atom stereocenters. The van der Waals surface area contributed by atoms with Gasteiger partial charge in [-0.05, 0) is 49.2 Å². The molecule has 0 spiro atoms. The molecule has 0 aliphatic carbocycles. The number of rotatable bonds is 4.